The minimum absolute atomic E-state index is 0.434. The molecular formula is C11H12N2O2S. The molecule has 0 amide bonds. The largest absolute Gasteiger partial charge is 0.393 e. The molecule has 0 spiro atoms. The first-order valence-electron chi connectivity index (χ1n) is 4.88. The molecule has 2 aromatic rings. The van der Waals surface area contributed by atoms with Gasteiger partial charge in [0.05, 0.1) is 0 Å². The summed E-state index contributed by atoms with van der Waals surface area (Å²) in [6.45, 7) is 0. The molecule has 0 bridgehead atoms. The van der Waals surface area contributed by atoms with Crippen molar-refractivity contribution >= 4 is 29.8 Å². The number of aromatic amines is 1. The highest BCUT2D eigenvalue weighted by molar-refractivity contribution is 7.75. The summed E-state index contributed by atoms with van der Waals surface area (Å²) in [6, 6.07) is 7.17. The summed E-state index contributed by atoms with van der Waals surface area (Å²) >= 11 is 3.44. The molecular weight excluding hydrogens is 224 g/mol. The number of rotatable bonds is 3. The molecule has 0 aliphatic carbocycles. The number of carbonyl (C=O) groups excluding carboxylic acids is 1. The number of aromatic nitrogens is 1. The molecule has 1 aromatic carbocycles. The van der Waals surface area contributed by atoms with Crippen LogP contribution < -0.4 is 5.73 Å². The normalized spacial score (nSPS) is 12.6. The second-order valence-corrected chi connectivity index (χ2v) is 3.76. The maximum Gasteiger partial charge on any atom is 0.335 e. The second-order valence-electron chi connectivity index (χ2n) is 3.58. The summed E-state index contributed by atoms with van der Waals surface area (Å²) in [7, 11) is 0. The van der Waals surface area contributed by atoms with Crippen LogP contribution in [0.15, 0.2) is 30.5 Å². The summed E-state index contributed by atoms with van der Waals surface area (Å²) in [5.74, 6) is -0.520. The van der Waals surface area contributed by atoms with E-state index >= 15 is 0 Å². The van der Waals surface area contributed by atoms with Crippen LogP contribution in [0.3, 0.4) is 0 Å². The van der Waals surface area contributed by atoms with Crippen molar-refractivity contribution in [1.29, 1.82) is 0 Å². The Morgan fingerprint density at radius 3 is 3.00 bits per heavy atom. The van der Waals surface area contributed by atoms with Crippen molar-refractivity contribution in [3.63, 3.8) is 0 Å². The number of benzene rings is 1. The Balaban J connectivity index is 2.24. The molecule has 84 valence electrons. The van der Waals surface area contributed by atoms with Crippen molar-refractivity contribution in [2.24, 2.45) is 5.73 Å². The van der Waals surface area contributed by atoms with E-state index in [1.54, 1.807) is 0 Å². The number of para-hydroxylation sites is 1. The van der Waals surface area contributed by atoms with Crippen molar-refractivity contribution in [2.75, 3.05) is 0 Å². The fraction of sp³-hybridized carbons (Fsp3) is 0.182. The predicted molar refractivity (Wildman–Crippen MR) is 65.1 cm³/mol. The number of fused-ring (bicyclic) bond motifs is 1. The summed E-state index contributed by atoms with van der Waals surface area (Å²) in [5, 5.41) is 1.07. The Morgan fingerprint density at radius 1 is 1.50 bits per heavy atom. The van der Waals surface area contributed by atoms with Crippen molar-refractivity contribution in [2.45, 2.75) is 12.5 Å². The van der Waals surface area contributed by atoms with Gasteiger partial charge in [0.1, 0.15) is 6.04 Å². The van der Waals surface area contributed by atoms with Crippen LogP contribution in [0.25, 0.3) is 10.9 Å². The van der Waals surface area contributed by atoms with Crippen LogP contribution in [0.5, 0.6) is 0 Å². The van der Waals surface area contributed by atoms with E-state index in [1.165, 1.54) is 0 Å². The minimum atomic E-state index is -0.684. The van der Waals surface area contributed by atoms with Crippen LogP contribution >= 0.6 is 12.9 Å². The molecule has 0 unspecified atom stereocenters. The van der Waals surface area contributed by atoms with Crippen molar-refractivity contribution in [1.82, 2.24) is 4.98 Å². The molecule has 0 fully saturated rings. The Morgan fingerprint density at radius 2 is 2.25 bits per heavy atom. The number of nitrogens with one attached hydrogen (secondary N) is 1. The number of hydrogen-bond donors (Lipinski definition) is 3. The predicted octanol–water partition coefficient (Wildman–Crippen LogP) is 1.43. The monoisotopic (exact) mass is 236 g/mol. The lowest BCUT2D eigenvalue weighted by atomic mass is 10.1. The van der Waals surface area contributed by atoms with E-state index in [9.17, 15) is 4.79 Å². The van der Waals surface area contributed by atoms with Crippen LogP contribution in [0.2, 0.25) is 0 Å². The van der Waals surface area contributed by atoms with E-state index in [4.69, 9.17) is 5.73 Å². The van der Waals surface area contributed by atoms with Gasteiger partial charge in [-0.2, -0.15) is 0 Å². The molecule has 0 aliphatic heterocycles. The molecule has 1 atom stereocenters. The van der Waals surface area contributed by atoms with Crippen LogP contribution in [0.1, 0.15) is 5.56 Å². The van der Waals surface area contributed by atoms with Crippen LogP contribution in [0, 0.1) is 0 Å². The van der Waals surface area contributed by atoms with Gasteiger partial charge in [-0.05, 0) is 11.6 Å². The maximum atomic E-state index is 11.1. The molecule has 1 aromatic heterocycles. The lowest BCUT2D eigenvalue weighted by molar-refractivity contribution is -0.134. The second kappa shape index (κ2) is 4.59. The third kappa shape index (κ3) is 2.05. The lowest BCUT2D eigenvalue weighted by Crippen LogP contribution is -2.32. The van der Waals surface area contributed by atoms with Crippen molar-refractivity contribution in [3.8, 4) is 0 Å². The summed E-state index contributed by atoms with van der Waals surface area (Å²) < 4.78 is 4.29. The molecule has 3 N–H and O–H groups in total. The van der Waals surface area contributed by atoms with E-state index in [2.05, 4.69) is 22.1 Å². The zero-order valence-corrected chi connectivity index (χ0v) is 9.41. The van der Waals surface area contributed by atoms with E-state index in [0.29, 0.717) is 6.42 Å². The maximum absolute atomic E-state index is 11.1. The first kappa shape index (κ1) is 11.0. The molecule has 0 radical (unpaired) electrons. The standard InChI is InChI=1S/C11H12N2O2S/c12-9(11(14)15-16)5-7-6-13-10-4-2-1-3-8(7)10/h1-4,6,9,13,16H,5,12H2/t9-/m0/s1. The highest BCUT2D eigenvalue weighted by Crippen LogP contribution is 2.18. The van der Waals surface area contributed by atoms with Gasteiger partial charge in [0, 0.05) is 36.4 Å². The van der Waals surface area contributed by atoms with Crippen molar-refractivity contribution < 1.29 is 8.98 Å². The van der Waals surface area contributed by atoms with Gasteiger partial charge in [0.25, 0.3) is 0 Å². The fourth-order valence-corrected chi connectivity index (χ4v) is 1.82. The van der Waals surface area contributed by atoms with Gasteiger partial charge in [-0.1, -0.05) is 18.2 Å². The third-order valence-corrected chi connectivity index (χ3v) is 2.69. The van der Waals surface area contributed by atoms with E-state index in [1.807, 2.05) is 30.5 Å². The van der Waals surface area contributed by atoms with Gasteiger partial charge in [-0.15, -0.1) is 0 Å². The molecule has 16 heavy (non-hydrogen) atoms. The van der Waals surface area contributed by atoms with Gasteiger partial charge in [-0.3, -0.25) is 0 Å². The number of carbonyl (C=O) groups is 1. The first-order chi connectivity index (χ1) is 7.72. The Kier molecular flexibility index (Phi) is 3.17. The zero-order valence-electron chi connectivity index (χ0n) is 8.51. The molecule has 1 heterocycles. The molecule has 0 saturated carbocycles. The molecule has 0 aliphatic rings. The van der Waals surface area contributed by atoms with Crippen LogP contribution in [0.4, 0.5) is 0 Å². The number of nitrogens with two attached hydrogens (primary N) is 1. The number of hydrogen-bond acceptors (Lipinski definition) is 4. The molecule has 2 rings (SSSR count). The number of H-pyrrole nitrogens is 1. The first-order valence-corrected chi connectivity index (χ1v) is 5.24. The average molecular weight is 236 g/mol. The average Bonchev–Trinajstić information content (AvgIpc) is 2.72. The quantitative estimate of drug-likeness (QED) is 0.558. The topological polar surface area (TPSA) is 68.1 Å². The van der Waals surface area contributed by atoms with Crippen LogP contribution in [-0.2, 0) is 15.4 Å². The highest BCUT2D eigenvalue weighted by atomic mass is 32.1. The third-order valence-electron chi connectivity index (χ3n) is 2.51. The lowest BCUT2D eigenvalue weighted by Gasteiger charge is -2.06. The Hall–Kier alpha value is -1.46. The summed E-state index contributed by atoms with van der Waals surface area (Å²) in [4.78, 5) is 14.3. The Labute approximate surface area is 98.4 Å². The van der Waals surface area contributed by atoms with Crippen LogP contribution in [-0.4, -0.2) is 17.0 Å². The van der Waals surface area contributed by atoms with E-state index < -0.39 is 12.0 Å². The highest BCUT2D eigenvalue weighted by Gasteiger charge is 2.16. The fourth-order valence-electron chi connectivity index (χ4n) is 1.69. The van der Waals surface area contributed by atoms with Gasteiger partial charge < -0.3 is 14.9 Å². The molecule has 4 nitrogen and oxygen atoms in total. The SMILES string of the molecule is N[C@@H](Cc1c[nH]c2ccccc12)C(=O)OS. The zero-order chi connectivity index (χ0) is 11.5. The van der Waals surface area contributed by atoms with Gasteiger partial charge in [0.2, 0.25) is 0 Å². The Bertz CT molecular complexity index is 509. The van der Waals surface area contributed by atoms with Gasteiger partial charge >= 0.3 is 5.97 Å². The smallest absolute Gasteiger partial charge is 0.335 e. The molecule has 5 heteroatoms. The summed E-state index contributed by atoms with van der Waals surface area (Å²) in [5.41, 5.74) is 7.71. The van der Waals surface area contributed by atoms with Gasteiger partial charge in [0.15, 0.2) is 0 Å². The summed E-state index contributed by atoms with van der Waals surface area (Å²) in [6.07, 6.45) is 2.29. The van der Waals surface area contributed by atoms with E-state index in [0.717, 1.165) is 16.5 Å². The number of thiol groups is 1. The minimum Gasteiger partial charge on any atom is -0.393 e. The van der Waals surface area contributed by atoms with Crippen molar-refractivity contribution in [3.05, 3.63) is 36.0 Å². The molecule has 0 saturated heterocycles. The van der Waals surface area contributed by atoms with Gasteiger partial charge in [-0.25, -0.2) is 4.79 Å². The van der Waals surface area contributed by atoms with E-state index in [-0.39, 0.29) is 0 Å².